The summed E-state index contributed by atoms with van der Waals surface area (Å²) in [6, 6.07) is 10.6. The van der Waals surface area contributed by atoms with E-state index < -0.39 is 5.82 Å². The van der Waals surface area contributed by atoms with Gasteiger partial charge in [0.15, 0.2) is 5.78 Å². The first-order valence-electron chi connectivity index (χ1n) is 7.00. The van der Waals surface area contributed by atoms with Crippen molar-refractivity contribution in [3.63, 3.8) is 0 Å². The molecule has 0 heterocycles. The number of ketones is 1. The van der Waals surface area contributed by atoms with Gasteiger partial charge in [-0.2, -0.15) is 0 Å². The first-order chi connectivity index (χ1) is 9.58. The van der Waals surface area contributed by atoms with Crippen molar-refractivity contribution in [1.29, 1.82) is 0 Å². The maximum Gasteiger partial charge on any atom is 0.195 e. The van der Waals surface area contributed by atoms with Crippen LogP contribution in [-0.2, 0) is 12.8 Å². The van der Waals surface area contributed by atoms with E-state index in [1.807, 2.05) is 12.1 Å². The van der Waals surface area contributed by atoms with E-state index in [0.717, 1.165) is 18.4 Å². The van der Waals surface area contributed by atoms with E-state index in [0.29, 0.717) is 11.1 Å². The van der Waals surface area contributed by atoms with Gasteiger partial charge in [-0.1, -0.05) is 38.1 Å². The Hall–Kier alpha value is -1.96. The molecule has 0 bridgehead atoms. The van der Waals surface area contributed by atoms with Crippen LogP contribution in [0.25, 0.3) is 0 Å². The topological polar surface area (TPSA) is 17.1 Å². The standard InChI is InChI=1S/C18H19FO/c1-4-13-9-10-15(11-14(13)5-2)18(20)16-8-6-7-12(3)17(16)19/h6-11H,4-5H2,1-3H3. The lowest BCUT2D eigenvalue weighted by atomic mass is 9.95. The fourth-order valence-electron chi connectivity index (χ4n) is 2.42. The van der Waals surface area contributed by atoms with Gasteiger partial charge in [-0.05, 0) is 48.6 Å². The van der Waals surface area contributed by atoms with Crippen LogP contribution in [0.1, 0.15) is 46.5 Å². The van der Waals surface area contributed by atoms with Crippen LogP contribution in [0.2, 0.25) is 0 Å². The predicted molar refractivity (Wildman–Crippen MR) is 79.8 cm³/mol. The lowest BCUT2D eigenvalue weighted by molar-refractivity contribution is 0.103. The van der Waals surface area contributed by atoms with Gasteiger partial charge in [-0.25, -0.2) is 4.39 Å². The molecule has 0 radical (unpaired) electrons. The fraction of sp³-hybridized carbons (Fsp3) is 0.278. The van der Waals surface area contributed by atoms with Crippen molar-refractivity contribution in [2.24, 2.45) is 0 Å². The average Bonchev–Trinajstić information content (AvgIpc) is 2.48. The molecule has 0 aliphatic carbocycles. The molecular weight excluding hydrogens is 251 g/mol. The Morgan fingerprint density at radius 3 is 2.40 bits per heavy atom. The highest BCUT2D eigenvalue weighted by molar-refractivity contribution is 6.09. The lowest BCUT2D eigenvalue weighted by Crippen LogP contribution is -2.06. The quantitative estimate of drug-likeness (QED) is 0.748. The third kappa shape index (κ3) is 2.64. The van der Waals surface area contributed by atoms with Gasteiger partial charge in [0.05, 0.1) is 5.56 Å². The number of carbonyl (C=O) groups excluding carboxylic acids is 1. The second-order valence-electron chi connectivity index (χ2n) is 4.96. The number of hydrogen-bond donors (Lipinski definition) is 0. The zero-order valence-corrected chi connectivity index (χ0v) is 12.2. The number of carbonyl (C=O) groups is 1. The van der Waals surface area contributed by atoms with Crippen LogP contribution in [0.3, 0.4) is 0 Å². The van der Waals surface area contributed by atoms with Crippen LogP contribution in [0.5, 0.6) is 0 Å². The summed E-state index contributed by atoms with van der Waals surface area (Å²) in [6.45, 7) is 5.83. The number of benzene rings is 2. The zero-order chi connectivity index (χ0) is 14.7. The van der Waals surface area contributed by atoms with Crippen LogP contribution in [0.4, 0.5) is 4.39 Å². The van der Waals surface area contributed by atoms with Crippen molar-refractivity contribution in [3.05, 3.63) is 70.0 Å². The second kappa shape index (κ2) is 6.00. The van der Waals surface area contributed by atoms with E-state index in [1.165, 1.54) is 5.56 Å². The Bertz CT molecular complexity index is 644. The normalized spacial score (nSPS) is 10.6. The first kappa shape index (κ1) is 14.4. The summed E-state index contributed by atoms with van der Waals surface area (Å²) < 4.78 is 14.0. The van der Waals surface area contributed by atoms with E-state index in [2.05, 4.69) is 13.8 Å². The maximum absolute atomic E-state index is 14.0. The highest BCUT2D eigenvalue weighted by Crippen LogP contribution is 2.19. The minimum Gasteiger partial charge on any atom is -0.288 e. The molecule has 20 heavy (non-hydrogen) atoms. The van der Waals surface area contributed by atoms with E-state index in [9.17, 15) is 9.18 Å². The Morgan fingerprint density at radius 2 is 1.75 bits per heavy atom. The molecule has 0 unspecified atom stereocenters. The Kier molecular flexibility index (Phi) is 4.33. The second-order valence-corrected chi connectivity index (χ2v) is 4.96. The van der Waals surface area contributed by atoms with Crippen LogP contribution >= 0.6 is 0 Å². The molecule has 0 atom stereocenters. The lowest BCUT2D eigenvalue weighted by Gasteiger charge is -2.09. The predicted octanol–water partition coefficient (Wildman–Crippen LogP) is 4.49. The summed E-state index contributed by atoms with van der Waals surface area (Å²) in [7, 11) is 0. The summed E-state index contributed by atoms with van der Waals surface area (Å²) in [4.78, 5) is 12.4. The molecule has 0 aliphatic rings. The molecule has 2 aromatic rings. The van der Waals surface area contributed by atoms with Crippen LogP contribution in [-0.4, -0.2) is 5.78 Å². The molecule has 0 amide bonds. The first-order valence-corrected chi connectivity index (χ1v) is 7.00. The summed E-state index contributed by atoms with van der Waals surface area (Å²) in [6.07, 6.45) is 1.82. The van der Waals surface area contributed by atoms with Crippen molar-refractivity contribution in [2.45, 2.75) is 33.6 Å². The fourth-order valence-corrected chi connectivity index (χ4v) is 2.42. The molecule has 0 aromatic heterocycles. The molecule has 2 heteroatoms. The van der Waals surface area contributed by atoms with Gasteiger partial charge in [0, 0.05) is 5.56 Å². The SMILES string of the molecule is CCc1ccc(C(=O)c2cccc(C)c2F)cc1CC. The highest BCUT2D eigenvalue weighted by Gasteiger charge is 2.16. The molecule has 0 spiro atoms. The molecule has 0 saturated heterocycles. The monoisotopic (exact) mass is 270 g/mol. The van der Waals surface area contributed by atoms with Crippen molar-refractivity contribution in [3.8, 4) is 0 Å². The molecule has 0 saturated carbocycles. The minimum atomic E-state index is -0.421. The van der Waals surface area contributed by atoms with Crippen LogP contribution < -0.4 is 0 Å². The number of rotatable bonds is 4. The van der Waals surface area contributed by atoms with Gasteiger partial charge in [0.25, 0.3) is 0 Å². The third-order valence-corrected chi connectivity index (χ3v) is 3.67. The summed E-state index contributed by atoms with van der Waals surface area (Å²) in [5.74, 6) is -0.668. The van der Waals surface area contributed by atoms with Crippen LogP contribution in [0, 0.1) is 12.7 Å². The van der Waals surface area contributed by atoms with Crippen molar-refractivity contribution in [1.82, 2.24) is 0 Å². The summed E-state index contributed by atoms with van der Waals surface area (Å²) in [5, 5.41) is 0. The molecule has 0 fully saturated rings. The van der Waals surface area contributed by atoms with Crippen molar-refractivity contribution >= 4 is 5.78 Å². The van der Waals surface area contributed by atoms with Crippen molar-refractivity contribution in [2.75, 3.05) is 0 Å². The number of hydrogen-bond acceptors (Lipinski definition) is 1. The molecule has 0 N–H and O–H groups in total. The number of halogens is 1. The van der Waals surface area contributed by atoms with Gasteiger partial charge in [0.1, 0.15) is 5.82 Å². The summed E-state index contributed by atoms with van der Waals surface area (Å²) in [5.41, 5.74) is 3.61. The molecule has 0 aliphatic heterocycles. The number of aryl methyl sites for hydroxylation is 3. The van der Waals surface area contributed by atoms with E-state index >= 15 is 0 Å². The van der Waals surface area contributed by atoms with Gasteiger partial charge in [0.2, 0.25) is 0 Å². The van der Waals surface area contributed by atoms with Crippen molar-refractivity contribution < 1.29 is 9.18 Å². The molecule has 1 nitrogen and oxygen atoms in total. The van der Waals surface area contributed by atoms with Gasteiger partial charge < -0.3 is 0 Å². The maximum atomic E-state index is 14.0. The molecule has 2 aromatic carbocycles. The van der Waals surface area contributed by atoms with E-state index in [1.54, 1.807) is 31.2 Å². The molecule has 104 valence electrons. The van der Waals surface area contributed by atoms with Gasteiger partial charge in [-0.3, -0.25) is 4.79 Å². The minimum absolute atomic E-state index is 0.149. The average molecular weight is 270 g/mol. The Balaban J connectivity index is 2.46. The highest BCUT2D eigenvalue weighted by atomic mass is 19.1. The molecular formula is C18H19FO. The third-order valence-electron chi connectivity index (χ3n) is 3.67. The van der Waals surface area contributed by atoms with Gasteiger partial charge in [-0.15, -0.1) is 0 Å². The van der Waals surface area contributed by atoms with E-state index in [-0.39, 0.29) is 11.3 Å². The Labute approximate surface area is 119 Å². The smallest absolute Gasteiger partial charge is 0.195 e. The Morgan fingerprint density at radius 1 is 1.05 bits per heavy atom. The summed E-state index contributed by atoms with van der Waals surface area (Å²) >= 11 is 0. The largest absolute Gasteiger partial charge is 0.288 e. The van der Waals surface area contributed by atoms with Gasteiger partial charge >= 0.3 is 0 Å². The van der Waals surface area contributed by atoms with E-state index in [4.69, 9.17) is 0 Å². The molecule has 2 rings (SSSR count). The zero-order valence-electron chi connectivity index (χ0n) is 12.2. The van der Waals surface area contributed by atoms with Crippen LogP contribution in [0.15, 0.2) is 36.4 Å².